The van der Waals surface area contributed by atoms with E-state index in [4.69, 9.17) is 4.74 Å². The average Bonchev–Trinajstić information content (AvgIpc) is 2.97. The van der Waals surface area contributed by atoms with Crippen LogP contribution in [0.4, 0.5) is 0 Å². The fourth-order valence-corrected chi connectivity index (χ4v) is 3.75. The minimum Gasteiger partial charge on any atom is -0.491 e. The number of likely N-dealkylation sites (tertiary alicyclic amines) is 1. The first kappa shape index (κ1) is 19.1. The van der Waals surface area contributed by atoms with Gasteiger partial charge in [0.2, 0.25) is 5.91 Å². The fourth-order valence-electron chi connectivity index (χ4n) is 3.75. The summed E-state index contributed by atoms with van der Waals surface area (Å²) in [6, 6.07) is 7.90. The molecule has 2 heterocycles. The third-order valence-corrected chi connectivity index (χ3v) is 5.19. The van der Waals surface area contributed by atoms with Crippen LogP contribution in [0, 0.1) is 5.41 Å². The van der Waals surface area contributed by atoms with Gasteiger partial charge in [-0.2, -0.15) is 0 Å². The lowest BCUT2D eigenvalue weighted by Crippen LogP contribution is -2.44. The fraction of sp³-hybridized carbons (Fsp3) is 0.632. The van der Waals surface area contributed by atoms with Crippen molar-refractivity contribution in [3.05, 3.63) is 29.8 Å². The summed E-state index contributed by atoms with van der Waals surface area (Å²) in [5, 5.41) is 3.47. The van der Waals surface area contributed by atoms with Crippen molar-refractivity contribution in [1.82, 2.24) is 10.2 Å². The van der Waals surface area contributed by atoms with Crippen molar-refractivity contribution >= 4 is 18.3 Å². The lowest BCUT2D eigenvalue weighted by molar-refractivity contribution is -0.132. The highest BCUT2D eigenvalue weighted by Crippen LogP contribution is 2.37. The number of benzene rings is 1. The highest BCUT2D eigenvalue weighted by atomic mass is 35.5. The summed E-state index contributed by atoms with van der Waals surface area (Å²) in [5.74, 6) is 1.06. The highest BCUT2D eigenvalue weighted by Gasteiger charge is 2.37. The Labute approximate surface area is 151 Å². The number of rotatable bonds is 4. The van der Waals surface area contributed by atoms with Crippen molar-refractivity contribution in [3.8, 4) is 5.75 Å². The topological polar surface area (TPSA) is 41.6 Å². The first-order chi connectivity index (χ1) is 11.1. The molecule has 0 saturated carbocycles. The summed E-state index contributed by atoms with van der Waals surface area (Å²) in [5.41, 5.74) is 1.45. The third-order valence-electron chi connectivity index (χ3n) is 5.19. The monoisotopic (exact) mass is 352 g/mol. The lowest BCUT2D eigenvalue weighted by Gasteiger charge is -2.39. The molecule has 0 aromatic heterocycles. The van der Waals surface area contributed by atoms with Gasteiger partial charge >= 0.3 is 0 Å². The maximum atomic E-state index is 12.7. The van der Waals surface area contributed by atoms with Crippen molar-refractivity contribution in [3.63, 3.8) is 0 Å². The summed E-state index contributed by atoms with van der Waals surface area (Å²) in [4.78, 5) is 14.7. The molecule has 134 valence electrons. The second-order valence-electron chi connectivity index (χ2n) is 7.26. The predicted molar refractivity (Wildman–Crippen MR) is 98.9 cm³/mol. The van der Waals surface area contributed by atoms with Crippen LogP contribution in [0.1, 0.15) is 38.7 Å². The van der Waals surface area contributed by atoms with Crippen LogP contribution in [0.15, 0.2) is 24.3 Å². The van der Waals surface area contributed by atoms with Gasteiger partial charge in [0.15, 0.2) is 0 Å². The van der Waals surface area contributed by atoms with Crippen molar-refractivity contribution in [2.45, 2.75) is 45.6 Å². The molecule has 1 spiro atoms. The second kappa shape index (κ2) is 8.21. The normalized spacial score (nSPS) is 19.4. The van der Waals surface area contributed by atoms with E-state index in [0.717, 1.165) is 50.3 Å². The van der Waals surface area contributed by atoms with Crippen LogP contribution in [0.25, 0.3) is 0 Å². The van der Waals surface area contributed by atoms with Crippen LogP contribution in [0.5, 0.6) is 5.75 Å². The summed E-state index contributed by atoms with van der Waals surface area (Å²) >= 11 is 0. The average molecular weight is 353 g/mol. The van der Waals surface area contributed by atoms with E-state index < -0.39 is 0 Å². The maximum absolute atomic E-state index is 12.7. The van der Waals surface area contributed by atoms with Crippen molar-refractivity contribution in [2.75, 3.05) is 26.2 Å². The van der Waals surface area contributed by atoms with E-state index in [2.05, 4.69) is 5.32 Å². The van der Waals surface area contributed by atoms with Crippen molar-refractivity contribution in [1.29, 1.82) is 0 Å². The van der Waals surface area contributed by atoms with Gasteiger partial charge in [-0.25, -0.2) is 0 Å². The molecule has 5 heteroatoms. The summed E-state index contributed by atoms with van der Waals surface area (Å²) in [7, 11) is 0. The largest absolute Gasteiger partial charge is 0.491 e. The van der Waals surface area contributed by atoms with E-state index in [-0.39, 0.29) is 24.4 Å². The molecule has 4 nitrogen and oxygen atoms in total. The number of para-hydroxylation sites is 1. The van der Waals surface area contributed by atoms with Gasteiger partial charge in [-0.15, -0.1) is 12.4 Å². The molecule has 0 bridgehead atoms. The minimum absolute atomic E-state index is 0. The Morgan fingerprint density at radius 2 is 1.96 bits per heavy atom. The number of carbonyl (C=O) groups excluding carboxylic acids is 1. The van der Waals surface area contributed by atoms with Gasteiger partial charge in [-0.1, -0.05) is 18.2 Å². The number of hydrogen-bond acceptors (Lipinski definition) is 3. The number of ether oxygens (including phenoxy) is 1. The number of halogens is 1. The molecule has 2 saturated heterocycles. The summed E-state index contributed by atoms with van der Waals surface area (Å²) in [6.07, 6.45) is 4.09. The number of carbonyl (C=O) groups is 1. The Kier molecular flexibility index (Phi) is 6.53. The zero-order valence-electron chi connectivity index (χ0n) is 14.7. The predicted octanol–water partition coefficient (Wildman–Crippen LogP) is 3.04. The van der Waals surface area contributed by atoms with E-state index in [1.807, 2.05) is 43.0 Å². The van der Waals surface area contributed by atoms with Gasteiger partial charge in [0.05, 0.1) is 12.5 Å². The smallest absolute Gasteiger partial charge is 0.227 e. The number of hydrogen-bond donors (Lipinski definition) is 1. The number of amides is 1. The zero-order valence-corrected chi connectivity index (χ0v) is 15.5. The minimum atomic E-state index is 0. The number of nitrogens with zero attached hydrogens (tertiary/aromatic N) is 1. The molecule has 2 fully saturated rings. The molecule has 0 radical (unpaired) electrons. The maximum Gasteiger partial charge on any atom is 0.227 e. The Morgan fingerprint density at radius 3 is 2.58 bits per heavy atom. The van der Waals surface area contributed by atoms with E-state index in [0.29, 0.717) is 11.8 Å². The van der Waals surface area contributed by atoms with Crippen LogP contribution in [-0.4, -0.2) is 43.1 Å². The molecule has 0 unspecified atom stereocenters. The molecule has 2 aliphatic rings. The van der Waals surface area contributed by atoms with Crippen LogP contribution in [-0.2, 0) is 11.2 Å². The molecule has 1 amide bonds. The molecular weight excluding hydrogens is 324 g/mol. The molecule has 2 aliphatic heterocycles. The number of piperidine rings is 1. The summed E-state index contributed by atoms with van der Waals surface area (Å²) in [6.45, 7) is 8.08. The van der Waals surface area contributed by atoms with Gasteiger partial charge in [-0.3, -0.25) is 4.79 Å². The zero-order chi connectivity index (χ0) is 16.3. The van der Waals surface area contributed by atoms with Crippen LogP contribution in [0.3, 0.4) is 0 Å². The SMILES string of the molecule is CC(C)Oc1ccccc1CC(=O)N1CCC2(CCNC2)CC1.Cl. The first-order valence-electron chi connectivity index (χ1n) is 8.81. The van der Waals surface area contributed by atoms with Gasteiger partial charge in [0, 0.05) is 25.2 Å². The van der Waals surface area contributed by atoms with Crippen LogP contribution >= 0.6 is 12.4 Å². The molecule has 24 heavy (non-hydrogen) atoms. The second-order valence-corrected chi connectivity index (χ2v) is 7.26. The first-order valence-corrected chi connectivity index (χ1v) is 8.81. The van der Waals surface area contributed by atoms with Gasteiger partial charge in [0.25, 0.3) is 0 Å². The van der Waals surface area contributed by atoms with Crippen molar-refractivity contribution in [2.24, 2.45) is 5.41 Å². The third kappa shape index (κ3) is 4.42. The molecule has 0 atom stereocenters. The van der Waals surface area contributed by atoms with Crippen LogP contribution < -0.4 is 10.1 Å². The Morgan fingerprint density at radius 1 is 1.25 bits per heavy atom. The number of nitrogens with one attached hydrogen (secondary N) is 1. The van der Waals surface area contributed by atoms with E-state index >= 15 is 0 Å². The van der Waals surface area contributed by atoms with Crippen LogP contribution in [0.2, 0.25) is 0 Å². The molecule has 1 aromatic carbocycles. The molecule has 1 N–H and O–H groups in total. The van der Waals surface area contributed by atoms with Gasteiger partial charge in [-0.05, 0) is 51.1 Å². The van der Waals surface area contributed by atoms with E-state index in [9.17, 15) is 4.79 Å². The molecule has 3 rings (SSSR count). The Bertz CT molecular complexity index is 546. The van der Waals surface area contributed by atoms with Gasteiger partial charge < -0.3 is 15.0 Å². The Balaban J connectivity index is 0.00000208. The standard InChI is InChI=1S/C19H28N2O2.ClH/c1-15(2)23-17-6-4-3-5-16(17)13-18(22)21-11-8-19(9-12-21)7-10-20-14-19;/h3-6,15,20H,7-14H2,1-2H3;1H. The van der Waals surface area contributed by atoms with Gasteiger partial charge in [0.1, 0.15) is 5.75 Å². The molecular formula is C19H29ClN2O2. The highest BCUT2D eigenvalue weighted by molar-refractivity contribution is 5.85. The lowest BCUT2D eigenvalue weighted by atomic mass is 9.78. The molecule has 0 aliphatic carbocycles. The summed E-state index contributed by atoms with van der Waals surface area (Å²) < 4.78 is 5.83. The van der Waals surface area contributed by atoms with Crippen molar-refractivity contribution < 1.29 is 9.53 Å². The quantitative estimate of drug-likeness (QED) is 0.905. The molecule has 1 aromatic rings. The van der Waals surface area contributed by atoms with E-state index in [1.165, 1.54) is 6.42 Å². The van der Waals surface area contributed by atoms with E-state index in [1.54, 1.807) is 0 Å². The Hall–Kier alpha value is -1.26.